The standard InChI is InChI=1S/C45H45BN2O/c1-28-15-12-13-18-35(28)48-38-20-14-19-37-40(38)46(34-25-29(43(2,3)4)21-22-36(34)47(37)30-16-10-9-11-17-30)42-41(48)31-26-32-33(27-39(31)49-42)45(7,8)24-23-44(32,5)6/h9-22,25-27H,23-24H2,1-8H3. The lowest BCUT2D eigenvalue weighted by molar-refractivity contribution is 0.332. The van der Waals surface area contributed by atoms with Crippen LogP contribution in [-0.4, -0.2) is 6.71 Å². The maximum absolute atomic E-state index is 7.32. The summed E-state index contributed by atoms with van der Waals surface area (Å²) in [6, 6.07) is 38.5. The Kier molecular flexibility index (Phi) is 6.30. The van der Waals surface area contributed by atoms with Crippen molar-refractivity contribution in [1.29, 1.82) is 0 Å². The van der Waals surface area contributed by atoms with Crippen LogP contribution in [0, 0.1) is 6.92 Å². The van der Waals surface area contributed by atoms with Crippen LogP contribution < -0.4 is 26.4 Å². The smallest absolute Gasteiger partial charge is 0.297 e. The molecule has 3 heterocycles. The second-order valence-electron chi connectivity index (χ2n) is 16.9. The van der Waals surface area contributed by atoms with Gasteiger partial charge < -0.3 is 14.2 Å². The van der Waals surface area contributed by atoms with Crippen molar-refractivity contribution >= 4 is 68.4 Å². The number of hydrogen-bond acceptors (Lipinski definition) is 3. The quantitative estimate of drug-likeness (QED) is 0.175. The van der Waals surface area contributed by atoms with Gasteiger partial charge in [-0.15, -0.1) is 0 Å². The number of nitrogens with zero attached hydrogens (tertiary/aromatic N) is 2. The molecule has 6 aromatic rings. The molecule has 5 aromatic carbocycles. The lowest BCUT2D eigenvalue weighted by Crippen LogP contribution is -2.61. The summed E-state index contributed by atoms with van der Waals surface area (Å²) in [5, 5.41) is 1.21. The van der Waals surface area contributed by atoms with Crippen LogP contribution in [0.3, 0.4) is 0 Å². The highest BCUT2D eigenvalue weighted by Gasteiger charge is 2.48. The highest BCUT2D eigenvalue weighted by atomic mass is 16.3. The number of furan rings is 1. The molecule has 0 fully saturated rings. The van der Waals surface area contributed by atoms with E-state index in [1.165, 1.54) is 79.8 Å². The van der Waals surface area contributed by atoms with Crippen molar-refractivity contribution in [3.8, 4) is 0 Å². The highest BCUT2D eigenvalue weighted by molar-refractivity contribution is 7.00. The van der Waals surface area contributed by atoms with Crippen LogP contribution in [0.5, 0.6) is 0 Å². The van der Waals surface area contributed by atoms with Crippen LogP contribution in [0.25, 0.3) is 11.0 Å². The highest BCUT2D eigenvalue weighted by Crippen LogP contribution is 2.51. The minimum atomic E-state index is -0.0517. The Morgan fingerprint density at radius 1 is 0.653 bits per heavy atom. The first kappa shape index (κ1) is 30.4. The molecule has 9 rings (SSSR count). The summed E-state index contributed by atoms with van der Waals surface area (Å²) >= 11 is 0. The molecule has 3 nitrogen and oxygen atoms in total. The number of fused-ring (bicyclic) bond motifs is 7. The zero-order valence-electron chi connectivity index (χ0n) is 30.1. The van der Waals surface area contributed by atoms with Gasteiger partial charge in [0.1, 0.15) is 5.58 Å². The molecular formula is C45H45BN2O. The second-order valence-corrected chi connectivity index (χ2v) is 16.9. The van der Waals surface area contributed by atoms with Gasteiger partial charge in [0.2, 0.25) is 0 Å². The van der Waals surface area contributed by atoms with Crippen molar-refractivity contribution in [3.63, 3.8) is 0 Å². The Bertz CT molecular complexity index is 2310. The van der Waals surface area contributed by atoms with Gasteiger partial charge in [0, 0.05) is 33.8 Å². The van der Waals surface area contributed by atoms with Crippen LogP contribution in [-0.2, 0) is 16.2 Å². The second kappa shape index (κ2) is 10.2. The van der Waals surface area contributed by atoms with Crippen molar-refractivity contribution in [1.82, 2.24) is 0 Å². The van der Waals surface area contributed by atoms with E-state index in [1.807, 2.05) is 0 Å². The maximum atomic E-state index is 7.32. The molecular weight excluding hydrogens is 595 g/mol. The van der Waals surface area contributed by atoms with Crippen LogP contribution in [0.2, 0.25) is 0 Å². The van der Waals surface area contributed by atoms with Gasteiger partial charge in [-0.2, -0.15) is 0 Å². The van der Waals surface area contributed by atoms with Crippen molar-refractivity contribution in [2.24, 2.45) is 0 Å². The van der Waals surface area contributed by atoms with E-state index >= 15 is 0 Å². The molecule has 1 aliphatic carbocycles. The predicted molar refractivity (Wildman–Crippen MR) is 209 cm³/mol. The number of anilines is 6. The van der Waals surface area contributed by atoms with E-state index in [2.05, 4.69) is 168 Å². The van der Waals surface area contributed by atoms with Crippen LogP contribution >= 0.6 is 0 Å². The summed E-state index contributed by atoms with van der Waals surface area (Å²) < 4.78 is 7.32. The monoisotopic (exact) mass is 640 g/mol. The number of hydrogen-bond donors (Lipinski definition) is 0. The molecule has 0 N–H and O–H groups in total. The fourth-order valence-corrected chi connectivity index (χ4v) is 8.87. The zero-order chi connectivity index (χ0) is 34.0. The molecule has 0 amide bonds. The van der Waals surface area contributed by atoms with Crippen LogP contribution in [0.4, 0.5) is 34.1 Å². The van der Waals surface area contributed by atoms with Crippen molar-refractivity contribution in [2.75, 3.05) is 9.80 Å². The molecule has 4 heteroatoms. The molecule has 2 aliphatic heterocycles. The molecule has 0 saturated heterocycles. The van der Waals surface area contributed by atoms with Crippen molar-refractivity contribution in [2.45, 2.75) is 84.5 Å². The minimum absolute atomic E-state index is 0.00117. The number of benzene rings is 5. The first-order chi connectivity index (χ1) is 23.3. The van der Waals surface area contributed by atoms with E-state index in [0.717, 1.165) is 16.9 Å². The number of para-hydroxylation sites is 2. The molecule has 3 aliphatic rings. The summed E-state index contributed by atoms with van der Waals surface area (Å²) in [6.45, 7) is 18.8. The van der Waals surface area contributed by atoms with Gasteiger partial charge in [-0.25, -0.2) is 0 Å². The zero-order valence-corrected chi connectivity index (χ0v) is 30.1. The molecule has 0 unspecified atom stereocenters. The third-order valence-corrected chi connectivity index (χ3v) is 11.8. The predicted octanol–water partition coefficient (Wildman–Crippen LogP) is 10.5. The van der Waals surface area contributed by atoms with Gasteiger partial charge in [-0.1, -0.05) is 103 Å². The topological polar surface area (TPSA) is 19.6 Å². The van der Waals surface area contributed by atoms with E-state index in [9.17, 15) is 0 Å². The Morgan fingerprint density at radius 2 is 1.29 bits per heavy atom. The largest absolute Gasteiger partial charge is 0.468 e. The van der Waals surface area contributed by atoms with Crippen LogP contribution in [0.15, 0.2) is 108 Å². The molecule has 0 saturated carbocycles. The molecule has 0 spiro atoms. The lowest BCUT2D eigenvalue weighted by atomic mass is 9.35. The van der Waals surface area contributed by atoms with Gasteiger partial charge in [0.15, 0.2) is 0 Å². The summed E-state index contributed by atoms with van der Waals surface area (Å²) in [5.74, 6) is 0. The van der Waals surface area contributed by atoms with Crippen LogP contribution in [0.1, 0.15) is 83.6 Å². The van der Waals surface area contributed by atoms with Gasteiger partial charge in [-0.3, -0.25) is 0 Å². The molecule has 0 atom stereocenters. The molecule has 0 radical (unpaired) electrons. The lowest BCUT2D eigenvalue weighted by Gasteiger charge is -2.43. The maximum Gasteiger partial charge on any atom is 0.297 e. The normalized spacial score (nSPS) is 17.0. The molecule has 244 valence electrons. The van der Waals surface area contributed by atoms with Gasteiger partial charge >= 0.3 is 0 Å². The van der Waals surface area contributed by atoms with Gasteiger partial charge in [-0.05, 0) is 118 Å². The SMILES string of the molecule is Cc1ccccc1N1c2cccc3c2B(c2cc(C(C)(C)C)ccc2N3c2ccccc2)c2oc3cc4c(cc3c21)C(C)(C)CCC4(C)C. The van der Waals surface area contributed by atoms with E-state index in [1.54, 1.807) is 0 Å². The van der Waals surface area contributed by atoms with E-state index in [4.69, 9.17) is 4.42 Å². The molecule has 0 bridgehead atoms. The summed E-state index contributed by atoms with van der Waals surface area (Å²) in [5.41, 5.74) is 17.4. The minimum Gasteiger partial charge on any atom is -0.468 e. The average Bonchev–Trinajstić information content (AvgIpc) is 3.45. The summed E-state index contributed by atoms with van der Waals surface area (Å²) in [6.07, 6.45) is 2.34. The Labute approximate surface area is 291 Å². The van der Waals surface area contributed by atoms with E-state index in [-0.39, 0.29) is 23.0 Å². The first-order valence-electron chi connectivity index (χ1n) is 17.9. The molecule has 49 heavy (non-hydrogen) atoms. The summed E-state index contributed by atoms with van der Waals surface area (Å²) in [4.78, 5) is 4.98. The fourth-order valence-electron chi connectivity index (χ4n) is 8.87. The van der Waals surface area contributed by atoms with Crippen molar-refractivity contribution < 1.29 is 4.42 Å². The van der Waals surface area contributed by atoms with Crippen molar-refractivity contribution in [3.05, 3.63) is 125 Å². The summed E-state index contributed by atoms with van der Waals surface area (Å²) in [7, 11) is 0. The van der Waals surface area contributed by atoms with Gasteiger partial charge in [0.25, 0.3) is 6.71 Å². The average molecular weight is 641 g/mol. The Balaban J connectivity index is 1.42. The third-order valence-electron chi connectivity index (χ3n) is 11.8. The molecule has 1 aromatic heterocycles. The Hall–Kier alpha value is -4.70. The third kappa shape index (κ3) is 4.35. The van der Waals surface area contributed by atoms with E-state index < -0.39 is 0 Å². The van der Waals surface area contributed by atoms with Gasteiger partial charge in [0.05, 0.1) is 11.3 Å². The first-order valence-corrected chi connectivity index (χ1v) is 17.9. The van der Waals surface area contributed by atoms with E-state index in [0.29, 0.717) is 0 Å². The Morgan fingerprint density at radius 3 is 1.98 bits per heavy atom. The number of aryl methyl sites for hydroxylation is 1. The fraction of sp³-hybridized carbons (Fsp3) is 0.289. The number of rotatable bonds is 2.